The molecular formula is C22H24N4O5S4. The number of thiophene rings is 1. The number of benzene rings is 1. The van der Waals surface area contributed by atoms with E-state index >= 15 is 0 Å². The van der Waals surface area contributed by atoms with Gasteiger partial charge in [-0.15, -0.1) is 22.7 Å². The van der Waals surface area contributed by atoms with Gasteiger partial charge in [-0.3, -0.25) is 15.6 Å². The normalized spacial score (nSPS) is 11.5. The largest absolute Gasteiger partial charge is 0.462 e. The van der Waals surface area contributed by atoms with Crippen LogP contribution in [0.3, 0.4) is 0 Å². The number of hydrogen-bond acceptors (Lipinski definition) is 10. The van der Waals surface area contributed by atoms with E-state index in [4.69, 9.17) is 21.7 Å². The number of nitrogens with zero attached hydrogens (tertiary/aromatic N) is 1. The van der Waals surface area contributed by atoms with Crippen molar-refractivity contribution in [3.63, 3.8) is 0 Å². The number of nitrogens with one attached hydrogen (secondary N) is 3. The molecule has 0 bridgehead atoms. The zero-order valence-corrected chi connectivity index (χ0v) is 22.7. The summed E-state index contributed by atoms with van der Waals surface area (Å²) in [4.78, 5) is 42.2. The number of ether oxygens (including phenoxy) is 2. The molecule has 1 aromatic carbocycles. The second-order valence-electron chi connectivity index (χ2n) is 6.98. The predicted molar refractivity (Wildman–Crippen MR) is 143 cm³/mol. The maximum Gasteiger partial charge on any atom is 0.348 e. The third-order valence-corrected chi connectivity index (χ3v) is 8.16. The minimum Gasteiger partial charge on any atom is -0.462 e. The van der Waals surface area contributed by atoms with Crippen molar-refractivity contribution < 1.29 is 23.9 Å². The van der Waals surface area contributed by atoms with Gasteiger partial charge in [-0.2, -0.15) is 0 Å². The third kappa shape index (κ3) is 6.69. The Morgan fingerprint density at radius 3 is 2.46 bits per heavy atom. The molecule has 2 aromatic heterocycles. The summed E-state index contributed by atoms with van der Waals surface area (Å²) in [6, 6.07) is 7.78. The fourth-order valence-corrected chi connectivity index (χ4v) is 6.42. The molecule has 3 rings (SSSR count). The summed E-state index contributed by atoms with van der Waals surface area (Å²) in [5.74, 6) is -1.44. The number of hydrazine groups is 1. The van der Waals surface area contributed by atoms with Crippen LogP contribution in [0.2, 0.25) is 0 Å². The Hall–Kier alpha value is -2.74. The number of thiocarbonyl (C=S) groups is 1. The van der Waals surface area contributed by atoms with Gasteiger partial charge >= 0.3 is 11.9 Å². The van der Waals surface area contributed by atoms with Gasteiger partial charge in [-0.25, -0.2) is 14.6 Å². The average molecular weight is 553 g/mol. The van der Waals surface area contributed by atoms with Gasteiger partial charge in [0.2, 0.25) is 0 Å². The molecule has 0 aliphatic heterocycles. The summed E-state index contributed by atoms with van der Waals surface area (Å²) in [7, 11) is 0. The lowest BCUT2D eigenvalue weighted by Crippen LogP contribution is -2.46. The fourth-order valence-electron chi connectivity index (χ4n) is 2.90. The Morgan fingerprint density at radius 1 is 1.09 bits per heavy atom. The van der Waals surface area contributed by atoms with Crippen LogP contribution >= 0.6 is 46.7 Å². The highest BCUT2D eigenvalue weighted by atomic mass is 32.2. The van der Waals surface area contributed by atoms with E-state index < -0.39 is 17.2 Å². The predicted octanol–water partition coefficient (Wildman–Crippen LogP) is 4.52. The number of anilines is 1. The molecule has 3 aromatic rings. The SMILES string of the molecule is CCOC(=O)c1sc(NC(=S)NNC(=O)[C@@H](C)Sc2nc3ccccc3s2)c(C(=O)OCC)c1C. The lowest BCUT2D eigenvalue weighted by molar-refractivity contribution is -0.120. The number of carbonyl (C=O) groups excluding carboxylic acids is 3. The number of fused-ring (bicyclic) bond motifs is 1. The molecule has 0 saturated heterocycles. The van der Waals surface area contributed by atoms with Crippen LogP contribution < -0.4 is 16.2 Å². The lowest BCUT2D eigenvalue weighted by Gasteiger charge is -2.14. The molecule has 13 heteroatoms. The van der Waals surface area contributed by atoms with Gasteiger partial charge in [0, 0.05) is 0 Å². The van der Waals surface area contributed by atoms with Crippen molar-refractivity contribution in [1.29, 1.82) is 0 Å². The van der Waals surface area contributed by atoms with Crippen LogP contribution in [0.1, 0.15) is 46.4 Å². The smallest absolute Gasteiger partial charge is 0.348 e. The van der Waals surface area contributed by atoms with Crippen molar-refractivity contribution >= 4 is 84.8 Å². The Morgan fingerprint density at radius 2 is 1.77 bits per heavy atom. The number of aromatic nitrogens is 1. The first-order valence-corrected chi connectivity index (χ1v) is 13.5. The minimum atomic E-state index is -0.591. The molecule has 0 unspecified atom stereocenters. The first-order valence-electron chi connectivity index (χ1n) is 10.6. The van der Waals surface area contributed by atoms with Gasteiger partial charge in [0.1, 0.15) is 9.88 Å². The Balaban J connectivity index is 1.63. The van der Waals surface area contributed by atoms with E-state index in [1.165, 1.54) is 23.1 Å². The highest BCUT2D eigenvalue weighted by Crippen LogP contribution is 2.34. The number of amides is 1. The highest BCUT2D eigenvalue weighted by molar-refractivity contribution is 8.02. The van der Waals surface area contributed by atoms with Crippen molar-refractivity contribution in [3.8, 4) is 0 Å². The molecule has 0 aliphatic rings. The standard InChI is InChI=1S/C22H24N4O5S4/c1-5-30-19(28)15-11(3)16(20(29)31-6-2)35-18(15)24-21(32)26-25-17(27)12(4)33-22-23-13-9-7-8-10-14(13)34-22/h7-10,12H,5-6H2,1-4H3,(H,25,27)(H2,24,26,32)/t12-/m1/s1. The van der Waals surface area contributed by atoms with Crippen LogP contribution in [-0.4, -0.2) is 46.4 Å². The zero-order valence-electron chi connectivity index (χ0n) is 19.4. The molecule has 35 heavy (non-hydrogen) atoms. The molecule has 3 N–H and O–H groups in total. The van der Waals surface area contributed by atoms with E-state index in [0.717, 1.165) is 25.9 Å². The van der Waals surface area contributed by atoms with Crippen molar-refractivity contribution in [3.05, 3.63) is 40.3 Å². The van der Waals surface area contributed by atoms with Crippen molar-refractivity contribution in [2.45, 2.75) is 37.3 Å². The van der Waals surface area contributed by atoms with E-state index in [1.54, 1.807) is 27.7 Å². The maximum atomic E-state index is 12.6. The molecule has 0 fully saturated rings. The second kappa shape index (κ2) is 12.3. The zero-order chi connectivity index (χ0) is 25.5. The quantitative estimate of drug-likeness (QED) is 0.159. The molecule has 1 amide bonds. The summed E-state index contributed by atoms with van der Waals surface area (Å²) in [6.07, 6.45) is 0. The maximum absolute atomic E-state index is 12.6. The molecule has 2 heterocycles. The molecule has 9 nitrogen and oxygen atoms in total. The fraction of sp³-hybridized carbons (Fsp3) is 0.318. The third-order valence-electron chi connectivity index (χ3n) is 4.53. The number of thioether (sulfide) groups is 1. The summed E-state index contributed by atoms with van der Waals surface area (Å²) in [5, 5.41) is 2.78. The molecule has 0 aliphatic carbocycles. The van der Waals surface area contributed by atoms with Gasteiger partial charge in [-0.1, -0.05) is 23.9 Å². The van der Waals surface area contributed by atoms with Crippen LogP contribution in [-0.2, 0) is 14.3 Å². The molecule has 1 atom stereocenters. The molecule has 186 valence electrons. The van der Waals surface area contributed by atoms with Crippen LogP contribution in [0.5, 0.6) is 0 Å². The number of thiazole rings is 1. The number of para-hydroxylation sites is 1. The average Bonchev–Trinajstić information content (AvgIpc) is 3.37. The number of hydrogen-bond donors (Lipinski definition) is 3. The molecular weight excluding hydrogens is 529 g/mol. The van der Waals surface area contributed by atoms with Crippen LogP contribution in [0, 0.1) is 6.92 Å². The van der Waals surface area contributed by atoms with Gasteiger partial charge in [0.15, 0.2) is 9.45 Å². The van der Waals surface area contributed by atoms with Gasteiger partial charge in [0.05, 0.1) is 34.2 Å². The van der Waals surface area contributed by atoms with Gasteiger partial charge < -0.3 is 14.8 Å². The number of carbonyl (C=O) groups is 3. The summed E-state index contributed by atoms with van der Waals surface area (Å²) in [5.41, 5.74) is 6.70. The molecule has 0 saturated carbocycles. The van der Waals surface area contributed by atoms with Crippen molar-refractivity contribution in [2.24, 2.45) is 0 Å². The molecule has 0 radical (unpaired) electrons. The van der Waals surface area contributed by atoms with E-state index in [2.05, 4.69) is 21.2 Å². The van der Waals surface area contributed by atoms with E-state index in [0.29, 0.717) is 10.6 Å². The highest BCUT2D eigenvalue weighted by Gasteiger charge is 2.27. The van der Waals surface area contributed by atoms with Crippen LogP contribution in [0.15, 0.2) is 28.6 Å². The lowest BCUT2D eigenvalue weighted by atomic mass is 10.1. The monoisotopic (exact) mass is 552 g/mol. The Kier molecular flexibility index (Phi) is 9.43. The topological polar surface area (TPSA) is 119 Å². The van der Waals surface area contributed by atoms with E-state index in [9.17, 15) is 14.4 Å². The van der Waals surface area contributed by atoms with E-state index in [-0.39, 0.29) is 34.7 Å². The summed E-state index contributed by atoms with van der Waals surface area (Å²) in [6.45, 7) is 7.16. The first kappa shape index (κ1) is 26.9. The summed E-state index contributed by atoms with van der Waals surface area (Å²) >= 11 is 9.16. The van der Waals surface area contributed by atoms with Crippen molar-refractivity contribution in [2.75, 3.05) is 18.5 Å². The van der Waals surface area contributed by atoms with Crippen LogP contribution in [0.25, 0.3) is 10.2 Å². The van der Waals surface area contributed by atoms with Crippen LogP contribution in [0.4, 0.5) is 5.00 Å². The number of rotatable bonds is 8. The summed E-state index contributed by atoms with van der Waals surface area (Å²) < 4.78 is 12.0. The Labute approximate surface area is 219 Å². The van der Waals surface area contributed by atoms with E-state index in [1.807, 2.05) is 24.3 Å². The first-order chi connectivity index (χ1) is 16.7. The Bertz CT molecular complexity index is 1220. The van der Waals surface area contributed by atoms with Crippen molar-refractivity contribution in [1.82, 2.24) is 15.8 Å². The van der Waals surface area contributed by atoms with Gasteiger partial charge in [-0.05, 0) is 57.6 Å². The minimum absolute atomic E-state index is 0.0396. The number of esters is 2. The second-order valence-corrected chi connectivity index (χ2v) is 11.0. The molecule has 0 spiro atoms. The van der Waals surface area contributed by atoms with Gasteiger partial charge in [0.25, 0.3) is 5.91 Å².